The number of nitrogens with one attached hydrogen (secondary N) is 2. The lowest BCUT2D eigenvalue weighted by Gasteiger charge is -2.14. The lowest BCUT2D eigenvalue weighted by atomic mass is 10.0. The maximum atomic E-state index is 12.6. The van der Waals surface area contributed by atoms with Crippen LogP contribution in [0.3, 0.4) is 0 Å². The molecule has 0 aliphatic rings. The molecule has 1 aromatic heterocycles. The summed E-state index contributed by atoms with van der Waals surface area (Å²) in [4.78, 5) is 4.56. The van der Waals surface area contributed by atoms with Gasteiger partial charge in [-0.05, 0) is 61.1 Å². The minimum Gasteiger partial charge on any atom is -0.340 e. The number of pyridine rings is 1. The topological polar surface area (TPSA) is 94.9 Å². The Morgan fingerprint density at radius 2 is 1.14 bits per heavy atom. The van der Waals surface area contributed by atoms with Crippen LogP contribution in [0.4, 0.5) is 23.0 Å². The highest BCUT2D eigenvalue weighted by Crippen LogP contribution is 2.29. The normalized spacial score (nSPS) is 11.3. The van der Waals surface area contributed by atoms with Gasteiger partial charge in [-0.2, -0.15) is 5.26 Å². The SMILES string of the molecule is CCCCCCCCc1ccc(Nc2cc(S(C)(=O)=O)c(C#N)c(Nc3ccc(CCCCCCCC)cc3)n2)cc1. The van der Waals surface area contributed by atoms with Crippen molar-refractivity contribution in [2.45, 2.75) is 109 Å². The van der Waals surface area contributed by atoms with Gasteiger partial charge in [0.15, 0.2) is 15.7 Å². The van der Waals surface area contributed by atoms with E-state index in [1.165, 1.54) is 94.2 Å². The number of rotatable bonds is 19. The largest absolute Gasteiger partial charge is 0.340 e. The number of aryl methyl sites for hydroxylation is 2. The van der Waals surface area contributed by atoms with Crippen LogP contribution in [-0.2, 0) is 22.7 Å². The predicted octanol–water partition coefficient (Wildman–Crippen LogP) is 9.65. The molecule has 3 aromatic rings. The molecule has 0 atom stereocenters. The summed E-state index contributed by atoms with van der Waals surface area (Å²) >= 11 is 0. The predicted molar refractivity (Wildman–Crippen MR) is 176 cm³/mol. The Kier molecular flexibility index (Phi) is 13.8. The van der Waals surface area contributed by atoms with E-state index in [2.05, 4.69) is 59.8 Å². The van der Waals surface area contributed by atoms with Gasteiger partial charge in [0, 0.05) is 23.7 Å². The third kappa shape index (κ3) is 11.1. The highest BCUT2D eigenvalue weighted by molar-refractivity contribution is 7.90. The molecule has 2 aromatic carbocycles. The van der Waals surface area contributed by atoms with E-state index in [0.717, 1.165) is 30.5 Å². The van der Waals surface area contributed by atoms with Gasteiger partial charge in [0.25, 0.3) is 0 Å². The number of nitriles is 1. The van der Waals surface area contributed by atoms with Crippen LogP contribution in [0.5, 0.6) is 0 Å². The molecule has 0 spiro atoms. The molecule has 0 saturated heterocycles. The van der Waals surface area contributed by atoms with Crippen molar-refractivity contribution in [1.82, 2.24) is 4.98 Å². The van der Waals surface area contributed by atoms with E-state index in [4.69, 9.17) is 0 Å². The number of sulfone groups is 1. The minimum absolute atomic E-state index is 0.00786. The van der Waals surface area contributed by atoms with Crippen molar-refractivity contribution in [2.24, 2.45) is 0 Å². The van der Waals surface area contributed by atoms with Gasteiger partial charge in [-0.15, -0.1) is 0 Å². The van der Waals surface area contributed by atoms with E-state index >= 15 is 0 Å². The molecule has 1 heterocycles. The lowest BCUT2D eigenvalue weighted by molar-refractivity contribution is 0.601. The van der Waals surface area contributed by atoms with Crippen molar-refractivity contribution in [3.8, 4) is 6.07 Å². The zero-order valence-corrected chi connectivity index (χ0v) is 26.5. The molecule has 3 rings (SSSR count). The number of benzene rings is 2. The van der Waals surface area contributed by atoms with Crippen LogP contribution in [0.25, 0.3) is 0 Å². The summed E-state index contributed by atoms with van der Waals surface area (Å²) in [6, 6.07) is 19.7. The average molecular weight is 589 g/mol. The summed E-state index contributed by atoms with van der Waals surface area (Å²) in [6.45, 7) is 4.47. The van der Waals surface area contributed by atoms with Crippen LogP contribution in [0.15, 0.2) is 59.5 Å². The minimum atomic E-state index is -3.67. The molecule has 0 bridgehead atoms. The monoisotopic (exact) mass is 588 g/mol. The Morgan fingerprint density at radius 1 is 0.690 bits per heavy atom. The Balaban J connectivity index is 1.69. The Bertz CT molecular complexity index is 1380. The van der Waals surface area contributed by atoms with Gasteiger partial charge in [0.05, 0.1) is 4.90 Å². The van der Waals surface area contributed by atoms with Crippen molar-refractivity contribution < 1.29 is 8.42 Å². The molecule has 42 heavy (non-hydrogen) atoms. The number of hydrogen-bond donors (Lipinski definition) is 2. The van der Waals surface area contributed by atoms with Crippen molar-refractivity contribution in [3.05, 3.63) is 71.3 Å². The van der Waals surface area contributed by atoms with Crippen LogP contribution < -0.4 is 10.6 Å². The van der Waals surface area contributed by atoms with Gasteiger partial charge >= 0.3 is 0 Å². The zero-order chi connectivity index (χ0) is 30.2. The van der Waals surface area contributed by atoms with Crippen molar-refractivity contribution in [1.29, 1.82) is 5.26 Å². The summed E-state index contributed by atoms with van der Waals surface area (Å²) < 4.78 is 25.3. The molecule has 0 fully saturated rings. The molecule has 0 aliphatic carbocycles. The fraction of sp³-hybridized carbons (Fsp3) is 0.486. The molecule has 0 unspecified atom stereocenters. The number of anilines is 4. The first-order valence-electron chi connectivity index (χ1n) is 15.7. The Hall–Kier alpha value is -3.37. The smallest absolute Gasteiger partial charge is 0.177 e. The van der Waals surface area contributed by atoms with E-state index in [-0.39, 0.29) is 16.3 Å². The lowest BCUT2D eigenvalue weighted by Crippen LogP contribution is -2.08. The summed E-state index contributed by atoms with van der Waals surface area (Å²) in [5, 5.41) is 16.3. The first-order valence-corrected chi connectivity index (χ1v) is 17.6. The zero-order valence-electron chi connectivity index (χ0n) is 25.7. The quantitative estimate of drug-likeness (QED) is 0.135. The summed E-state index contributed by atoms with van der Waals surface area (Å²) in [5.74, 6) is 0.576. The fourth-order valence-electron chi connectivity index (χ4n) is 5.09. The average Bonchev–Trinajstić information content (AvgIpc) is 2.98. The summed E-state index contributed by atoms with van der Waals surface area (Å²) in [7, 11) is -3.67. The van der Waals surface area contributed by atoms with Crippen LogP contribution >= 0.6 is 0 Å². The summed E-state index contributed by atoms with van der Waals surface area (Å²) in [6.07, 6.45) is 18.4. The molecule has 0 aliphatic heterocycles. The molecular formula is C35H48N4O2S. The highest BCUT2D eigenvalue weighted by Gasteiger charge is 2.20. The van der Waals surface area contributed by atoms with E-state index in [1.807, 2.05) is 24.3 Å². The van der Waals surface area contributed by atoms with E-state index < -0.39 is 9.84 Å². The maximum absolute atomic E-state index is 12.6. The first-order chi connectivity index (χ1) is 20.3. The van der Waals surface area contributed by atoms with Gasteiger partial charge in [0.1, 0.15) is 17.5 Å². The second-order valence-corrected chi connectivity index (χ2v) is 13.3. The molecule has 6 nitrogen and oxygen atoms in total. The van der Waals surface area contributed by atoms with Crippen molar-refractivity contribution >= 4 is 32.8 Å². The van der Waals surface area contributed by atoms with Gasteiger partial charge < -0.3 is 10.6 Å². The van der Waals surface area contributed by atoms with E-state index in [0.29, 0.717) is 5.82 Å². The van der Waals surface area contributed by atoms with E-state index in [1.54, 1.807) is 0 Å². The first kappa shape index (κ1) is 33.1. The highest BCUT2D eigenvalue weighted by atomic mass is 32.2. The molecule has 2 N–H and O–H groups in total. The molecule has 226 valence electrons. The number of hydrogen-bond acceptors (Lipinski definition) is 6. The fourth-order valence-corrected chi connectivity index (χ4v) is 5.93. The molecule has 0 radical (unpaired) electrons. The molecule has 7 heteroatoms. The number of unbranched alkanes of at least 4 members (excludes halogenated alkanes) is 10. The summed E-state index contributed by atoms with van der Waals surface area (Å²) in [5.41, 5.74) is 4.11. The number of aromatic nitrogens is 1. The van der Waals surface area contributed by atoms with Gasteiger partial charge in [-0.3, -0.25) is 0 Å². The Morgan fingerprint density at radius 3 is 1.60 bits per heavy atom. The third-order valence-corrected chi connectivity index (χ3v) is 8.70. The van der Waals surface area contributed by atoms with Crippen LogP contribution in [0.2, 0.25) is 0 Å². The third-order valence-electron chi connectivity index (χ3n) is 7.58. The van der Waals surface area contributed by atoms with Crippen molar-refractivity contribution in [3.63, 3.8) is 0 Å². The number of nitrogens with zero attached hydrogens (tertiary/aromatic N) is 2. The van der Waals surface area contributed by atoms with Crippen LogP contribution in [-0.4, -0.2) is 19.7 Å². The van der Waals surface area contributed by atoms with Crippen LogP contribution in [0.1, 0.15) is 108 Å². The molecular weight excluding hydrogens is 540 g/mol. The Labute approximate surface area is 253 Å². The maximum Gasteiger partial charge on any atom is 0.177 e. The molecule has 0 amide bonds. The van der Waals surface area contributed by atoms with Crippen molar-refractivity contribution in [2.75, 3.05) is 16.9 Å². The second kappa shape index (κ2) is 17.6. The van der Waals surface area contributed by atoms with Gasteiger partial charge in [0.2, 0.25) is 0 Å². The van der Waals surface area contributed by atoms with Gasteiger partial charge in [-0.1, -0.05) is 102 Å². The van der Waals surface area contributed by atoms with E-state index in [9.17, 15) is 13.7 Å². The van der Waals surface area contributed by atoms with Crippen LogP contribution in [0, 0.1) is 11.3 Å². The second-order valence-electron chi connectivity index (χ2n) is 11.3. The van der Waals surface area contributed by atoms with Gasteiger partial charge in [-0.25, -0.2) is 13.4 Å². The molecule has 0 saturated carbocycles. The standard InChI is InChI=1S/C35H48N4O2S/c1-4-6-8-10-12-14-16-28-18-22-30(23-19-28)37-34-26-33(42(3,40)41)32(27-36)35(39-34)38-31-24-20-29(21-25-31)17-15-13-11-9-7-5-2/h18-26H,4-17H2,1-3H3,(H2,37,38,39).